The van der Waals surface area contributed by atoms with Crippen molar-refractivity contribution < 1.29 is 0 Å². The highest BCUT2D eigenvalue weighted by molar-refractivity contribution is 5.64. The number of pyridine rings is 1. The molecule has 0 N–H and O–H groups in total. The lowest BCUT2D eigenvalue weighted by molar-refractivity contribution is 0.486. The van der Waals surface area contributed by atoms with Gasteiger partial charge in [0.15, 0.2) is 0 Å². The molecule has 16 heavy (non-hydrogen) atoms. The van der Waals surface area contributed by atoms with Gasteiger partial charge in [-0.3, -0.25) is 9.47 Å². The van der Waals surface area contributed by atoms with Gasteiger partial charge in [-0.25, -0.2) is 0 Å². The van der Waals surface area contributed by atoms with Gasteiger partial charge in [0.25, 0.3) is 0 Å². The highest BCUT2D eigenvalue weighted by Crippen LogP contribution is 2.24. The van der Waals surface area contributed by atoms with Crippen molar-refractivity contribution in [3.05, 3.63) is 48.7 Å². The summed E-state index contributed by atoms with van der Waals surface area (Å²) in [7, 11) is 6.49. The van der Waals surface area contributed by atoms with E-state index >= 15 is 0 Å². The molecule has 2 rings (SSSR count). The number of rotatable bonds is 2. The van der Waals surface area contributed by atoms with E-state index < -0.39 is 0 Å². The van der Waals surface area contributed by atoms with E-state index in [4.69, 9.17) is 0 Å². The minimum absolute atomic E-state index is 0.820. The van der Waals surface area contributed by atoms with Crippen LogP contribution in [0.25, 0.3) is 11.3 Å². The normalized spacial score (nSPS) is 11.4. The molecule has 0 aliphatic heterocycles. The zero-order chi connectivity index (χ0) is 11.6. The fraction of sp³-hybridized carbons (Fsp3) is 0.214. The van der Waals surface area contributed by atoms with E-state index in [1.54, 1.807) is 0 Å². The highest BCUT2D eigenvalue weighted by atomic mass is 15.3. The molecular formula is C14H17N2+. The Labute approximate surface area is 96.8 Å². The molecule has 0 atom stereocenters. The van der Waals surface area contributed by atoms with Crippen LogP contribution in [-0.4, -0.2) is 26.1 Å². The smallest absolute Gasteiger partial charge is 0.132 e. The molecule has 2 aromatic rings. The number of aromatic nitrogens is 1. The van der Waals surface area contributed by atoms with Crippen LogP contribution in [0.15, 0.2) is 48.7 Å². The molecule has 1 aromatic carbocycles. The van der Waals surface area contributed by atoms with E-state index in [1.807, 2.05) is 24.4 Å². The van der Waals surface area contributed by atoms with Crippen molar-refractivity contribution >= 4 is 5.69 Å². The van der Waals surface area contributed by atoms with Crippen LogP contribution in [0.5, 0.6) is 0 Å². The first-order valence-corrected chi connectivity index (χ1v) is 5.41. The molecule has 0 fully saturated rings. The second kappa shape index (κ2) is 4.06. The summed E-state index contributed by atoms with van der Waals surface area (Å²) < 4.78 is 0.820. The largest absolute Gasteiger partial charge is 0.298 e. The van der Waals surface area contributed by atoms with Crippen molar-refractivity contribution in [2.24, 2.45) is 0 Å². The highest BCUT2D eigenvalue weighted by Gasteiger charge is 2.12. The van der Waals surface area contributed by atoms with Gasteiger partial charge in [0, 0.05) is 17.8 Å². The standard InChI is InChI=1S/C14H17N2/c1-16(2,3)13-8-6-7-12(11-13)14-9-4-5-10-15-14/h4-11H,1-3H3/q+1. The van der Waals surface area contributed by atoms with Crippen LogP contribution in [0.3, 0.4) is 0 Å². The topological polar surface area (TPSA) is 12.9 Å². The molecule has 82 valence electrons. The summed E-state index contributed by atoms with van der Waals surface area (Å²) in [4.78, 5) is 4.37. The van der Waals surface area contributed by atoms with Crippen molar-refractivity contribution in [2.45, 2.75) is 0 Å². The van der Waals surface area contributed by atoms with Gasteiger partial charge in [0.05, 0.1) is 26.8 Å². The predicted molar refractivity (Wildman–Crippen MR) is 69.2 cm³/mol. The Hall–Kier alpha value is -1.67. The number of hydrogen-bond acceptors (Lipinski definition) is 1. The van der Waals surface area contributed by atoms with Crippen molar-refractivity contribution in [1.29, 1.82) is 0 Å². The summed E-state index contributed by atoms with van der Waals surface area (Å²) in [6.45, 7) is 0. The number of nitrogens with zero attached hydrogens (tertiary/aromatic N) is 2. The molecule has 1 heterocycles. The average Bonchev–Trinajstić information content (AvgIpc) is 2.29. The molecule has 0 radical (unpaired) electrons. The zero-order valence-electron chi connectivity index (χ0n) is 10.0. The summed E-state index contributed by atoms with van der Waals surface area (Å²) in [5.41, 5.74) is 3.48. The Kier molecular flexibility index (Phi) is 2.75. The van der Waals surface area contributed by atoms with Crippen molar-refractivity contribution in [1.82, 2.24) is 9.47 Å². The molecule has 0 amide bonds. The zero-order valence-corrected chi connectivity index (χ0v) is 10.0. The van der Waals surface area contributed by atoms with Crippen molar-refractivity contribution in [2.75, 3.05) is 21.1 Å². The van der Waals surface area contributed by atoms with Crippen molar-refractivity contribution in [3.63, 3.8) is 0 Å². The molecule has 0 unspecified atom stereocenters. The number of benzene rings is 1. The van der Waals surface area contributed by atoms with Gasteiger partial charge in [-0.15, -0.1) is 0 Å². The van der Waals surface area contributed by atoms with Gasteiger partial charge in [0.2, 0.25) is 0 Å². The van der Waals surface area contributed by atoms with Crippen LogP contribution < -0.4 is 4.48 Å². The van der Waals surface area contributed by atoms with Gasteiger partial charge in [-0.05, 0) is 18.2 Å². The van der Waals surface area contributed by atoms with Gasteiger partial charge < -0.3 is 0 Å². The molecule has 0 spiro atoms. The predicted octanol–water partition coefficient (Wildman–Crippen LogP) is 2.95. The van der Waals surface area contributed by atoms with Crippen LogP contribution in [-0.2, 0) is 0 Å². The third-order valence-electron chi connectivity index (χ3n) is 2.58. The fourth-order valence-electron chi connectivity index (χ4n) is 1.62. The summed E-state index contributed by atoms with van der Waals surface area (Å²) in [6.07, 6.45) is 1.83. The minimum atomic E-state index is 0.820. The molecule has 0 saturated carbocycles. The monoisotopic (exact) mass is 213 g/mol. The van der Waals surface area contributed by atoms with E-state index in [1.165, 1.54) is 11.3 Å². The van der Waals surface area contributed by atoms with Crippen LogP contribution in [0, 0.1) is 0 Å². The van der Waals surface area contributed by atoms with Gasteiger partial charge in [-0.1, -0.05) is 18.2 Å². The van der Waals surface area contributed by atoms with Crippen LogP contribution in [0.1, 0.15) is 0 Å². The quantitative estimate of drug-likeness (QED) is 0.699. The molecule has 1 aromatic heterocycles. The van der Waals surface area contributed by atoms with E-state index in [0.29, 0.717) is 0 Å². The Balaban J connectivity index is 2.45. The number of hydrogen-bond donors (Lipinski definition) is 0. The Morgan fingerprint density at radius 1 is 0.938 bits per heavy atom. The van der Waals surface area contributed by atoms with Crippen LogP contribution in [0.4, 0.5) is 5.69 Å². The van der Waals surface area contributed by atoms with Crippen LogP contribution in [0.2, 0.25) is 0 Å². The van der Waals surface area contributed by atoms with Crippen molar-refractivity contribution in [3.8, 4) is 11.3 Å². The SMILES string of the molecule is C[N+](C)(C)c1cccc(-c2ccccn2)c1. The molecule has 0 bridgehead atoms. The van der Waals surface area contributed by atoms with Gasteiger partial charge in [0.1, 0.15) is 5.69 Å². The van der Waals surface area contributed by atoms with E-state index in [-0.39, 0.29) is 0 Å². The van der Waals surface area contributed by atoms with E-state index in [2.05, 4.69) is 50.4 Å². The molecule has 0 saturated heterocycles. The maximum atomic E-state index is 4.37. The lowest BCUT2D eigenvalue weighted by atomic mass is 10.1. The maximum absolute atomic E-state index is 4.37. The van der Waals surface area contributed by atoms with Crippen LogP contribution >= 0.6 is 0 Å². The Morgan fingerprint density at radius 2 is 1.75 bits per heavy atom. The van der Waals surface area contributed by atoms with Gasteiger partial charge >= 0.3 is 0 Å². The number of quaternary nitrogens is 1. The average molecular weight is 213 g/mol. The third-order valence-corrected chi connectivity index (χ3v) is 2.58. The molecular weight excluding hydrogens is 196 g/mol. The van der Waals surface area contributed by atoms with E-state index in [9.17, 15) is 0 Å². The summed E-state index contributed by atoms with van der Waals surface area (Å²) >= 11 is 0. The summed E-state index contributed by atoms with van der Waals surface area (Å²) in [5, 5.41) is 0. The Bertz CT molecular complexity index is 470. The second-order valence-corrected chi connectivity index (χ2v) is 4.78. The first kappa shape index (κ1) is 10.8. The molecule has 0 aliphatic rings. The molecule has 0 aliphatic carbocycles. The first-order valence-electron chi connectivity index (χ1n) is 5.41. The minimum Gasteiger partial charge on any atom is -0.298 e. The lowest BCUT2D eigenvalue weighted by Crippen LogP contribution is -2.34. The summed E-state index contributed by atoms with van der Waals surface area (Å²) in [5.74, 6) is 0. The maximum Gasteiger partial charge on any atom is 0.132 e. The van der Waals surface area contributed by atoms with E-state index in [0.717, 1.165) is 10.2 Å². The summed E-state index contributed by atoms with van der Waals surface area (Å²) in [6, 6.07) is 14.5. The Morgan fingerprint density at radius 3 is 2.38 bits per heavy atom. The molecule has 2 nitrogen and oxygen atoms in total. The fourth-order valence-corrected chi connectivity index (χ4v) is 1.62. The third kappa shape index (κ3) is 2.28. The molecule has 2 heteroatoms. The van der Waals surface area contributed by atoms with Gasteiger partial charge in [-0.2, -0.15) is 0 Å². The first-order chi connectivity index (χ1) is 7.57. The second-order valence-electron chi connectivity index (χ2n) is 4.78. The lowest BCUT2D eigenvalue weighted by Gasteiger charge is -2.23.